The molecule has 0 aliphatic rings. The summed E-state index contributed by atoms with van der Waals surface area (Å²) in [4.78, 5) is 4.48. The molecule has 0 fully saturated rings. The van der Waals surface area contributed by atoms with E-state index in [9.17, 15) is 0 Å². The molecule has 0 atom stereocenters. The second-order valence-corrected chi connectivity index (χ2v) is 6.99. The third-order valence-corrected chi connectivity index (χ3v) is 4.90. The van der Waals surface area contributed by atoms with Crippen LogP contribution in [0, 0.1) is 13.8 Å². The number of benzene rings is 2. The van der Waals surface area contributed by atoms with E-state index in [2.05, 4.69) is 94.2 Å². The SMILES string of the molecule is CCN(/C=C\N(C)c1c(C)ccc2c1oc1c(C)cccc12)C(C)C. The molecule has 0 bridgehead atoms. The summed E-state index contributed by atoms with van der Waals surface area (Å²) >= 11 is 0. The van der Waals surface area contributed by atoms with Gasteiger partial charge in [0.2, 0.25) is 0 Å². The van der Waals surface area contributed by atoms with Crippen molar-refractivity contribution in [2.75, 3.05) is 18.5 Å². The first-order valence-corrected chi connectivity index (χ1v) is 9.02. The molecule has 3 nitrogen and oxygen atoms in total. The predicted molar refractivity (Wildman–Crippen MR) is 108 cm³/mol. The Bertz CT molecular complexity index is 921. The molecular weight excluding hydrogens is 308 g/mol. The fraction of sp³-hybridized carbons (Fsp3) is 0.364. The zero-order valence-corrected chi connectivity index (χ0v) is 16.1. The van der Waals surface area contributed by atoms with Crippen LogP contribution in [-0.2, 0) is 0 Å². The van der Waals surface area contributed by atoms with Crippen molar-refractivity contribution in [2.45, 2.75) is 40.7 Å². The second kappa shape index (κ2) is 6.83. The zero-order chi connectivity index (χ0) is 18.1. The van der Waals surface area contributed by atoms with E-state index in [4.69, 9.17) is 4.42 Å². The van der Waals surface area contributed by atoms with Gasteiger partial charge in [-0.3, -0.25) is 0 Å². The van der Waals surface area contributed by atoms with E-state index in [1.807, 2.05) is 0 Å². The summed E-state index contributed by atoms with van der Waals surface area (Å²) in [6.45, 7) is 11.8. The van der Waals surface area contributed by atoms with Gasteiger partial charge in [0.1, 0.15) is 5.58 Å². The van der Waals surface area contributed by atoms with Gasteiger partial charge in [-0.1, -0.05) is 30.3 Å². The van der Waals surface area contributed by atoms with Crippen molar-refractivity contribution in [3.05, 3.63) is 53.9 Å². The molecule has 132 valence electrons. The van der Waals surface area contributed by atoms with Crippen LogP contribution in [-0.4, -0.2) is 24.5 Å². The molecule has 3 heteroatoms. The van der Waals surface area contributed by atoms with Gasteiger partial charge in [-0.2, -0.15) is 0 Å². The van der Waals surface area contributed by atoms with Gasteiger partial charge in [0.05, 0.1) is 5.69 Å². The number of anilines is 1. The number of fused-ring (bicyclic) bond motifs is 3. The first-order valence-electron chi connectivity index (χ1n) is 9.02. The molecular formula is C22H28N2O. The van der Waals surface area contributed by atoms with Gasteiger partial charge in [0.15, 0.2) is 5.58 Å². The van der Waals surface area contributed by atoms with Gasteiger partial charge < -0.3 is 14.2 Å². The van der Waals surface area contributed by atoms with Gasteiger partial charge in [-0.15, -0.1) is 0 Å². The Morgan fingerprint density at radius 3 is 2.36 bits per heavy atom. The maximum Gasteiger partial charge on any atom is 0.159 e. The summed E-state index contributed by atoms with van der Waals surface area (Å²) in [5, 5.41) is 2.36. The average molecular weight is 336 g/mol. The van der Waals surface area contributed by atoms with Crippen molar-refractivity contribution in [3.8, 4) is 0 Å². The van der Waals surface area contributed by atoms with Crippen LogP contribution in [0.1, 0.15) is 31.9 Å². The molecule has 1 aromatic heterocycles. The highest BCUT2D eigenvalue weighted by Crippen LogP contribution is 2.38. The van der Waals surface area contributed by atoms with Crippen molar-refractivity contribution < 1.29 is 4.42 Å². The lowest BCUT2D eigenvalue weighted by atomic mass is 10.1. The Balaban J connectivity index is 2.12. The topological polar surface area (TPSA) is 19.6 Å². The van der Waals surface area contributed by atoms with Gasteiger partial charge in [0.25, 0.3) is 0 Å². The number of para-hydroxylation sites is 1. The number of aryl methyl sites for hydroxylation is 2. The smallest absolute Gasteiger partial charge is 0.159 e. The predicted octanol–water partition coefficient (Wildman–Crippen LogP) is 5.84. The Labute approximate surface area is 150 Å². The van der Waals surface area contributed by atoms with E-state index in [1.54, 1.807) is 0 Å². The summed E-state index contributed by atoms with van der Waals surface area (Å²) in [7, 11) is 2.09. The van der Waals surface area contributed by atoms with Crippen molar-refractivity contribution in [1.29, 1.82) is 0 Å². The van der Waals surface area contributed by atoms with Crippen LogP contribution in [0.25, 0.3) is 21.9 Å². The van der Waals surface area contributed by atoms with E-state index >= 15 is 0 Å². The number of hydrogen-bond donors (Lipinski definition) is 0. The van der Waals surface area contributed by atoms with E-state index in [0.29, 0.717) is 6.04 Å². The third-order valence-electron chi connectivity index (χ3n) is 4.90. The molecule has 0 radical (unpaired) electrons. The van der Waals surface area contributed by atoms with Crippen molar-refractivity contribution in [2.24, 2.45) is 0 Å². The van der Waals surface area contributed by atoms with Crippen LogP contribution >= 0.6 is 0 Å². The Morgan fingerprint density at radius 2 is 1.68 bits per heavy atom. The van der Waals surface area contributed by atoms with Crippen LogP contribution in [0.2, 0.25) is 0 Å². The lowest BCUT2D eigenvalue weighted by Crippen LogP contribution is -2.25. The fourth-order valence-electron chi connectivity index (χ4n) is 3.43. The Hall–Kier alpha value is -2.42. The van der Waals surface area contributed by atoms with Crippen LogP contribution in [0.5, 0.6) is 0 Å². The normalized spacial score (nSPS) is 12.0. The van der Waals surface area contributed by atoms with Gasteiger partial charge in [-0.05, 0) is 45.7 Å². The standard InChI is InChI=1S/C22H28N2O/c1-7-24(15(2)3)14-13-23(6)20-16(4)11-12-19-18-10-8-9-17(5)21(18)25-22(19)20/h8-15H,7H2,1-6H3/b14-13-. The van der Waals surface area contributed by atoms with E-state index in [1.165, 1.54) is 21.9 Å². The number of rotatable bonds is 5. The maximum absolute atomic E-state index is 6.31. The van der Waals surface area contributed by atoms with Gasteiger partial charge in [-0.25, -0.2) is 0 Å². The Morgan fingerprint density at radius 1 is 0.960 bits per heavy atom. The van der Waals surface area contributed by atoms with Crippen molar-refractivity contribution in [3.63, 3.8) is 0 Å². The van der Waals surface area contributed by atoms with E-state index < -0.39 is 0 Å². The summed E-state index contributed by atoms with van der Waals surface area (Å²) < 4.78 is 6.31. The minimum atomic E-state index is 0.486. The highest BCUT2D eigenvalue weighted by atomic mass is 16.3. The third kappa shape index (κ3) is 3.11. The molecule has 3 rings (SSSR count). The first-order chi connectivity index (χ1) is 11.9. The minimum absolute atomic E-state index is 0.486. The molecule has 2 aromatic carbocycles. The van der Waals surface area contributed by atoms with Crippen molar-refractivity contribution in [1.82, 2.24) is 4.90 Å². The number of nitrogens with zero attached hydrogens (tertiary/aromatic N) is 2. The van der Waals surface area contributed by atoms with Gasteiger partial charge >= 0.3 is 0 Å². The molecule has 0 unspecified atom stereocenters. The minimum Gasteiger partial charge on any atom is -0.454 e. The summed E-state index contributed by atoms with van der Waals surface area (Å²) in [6.07, 6.45) is 4.29. The molecule has 0 amide bonds. The lowest BCUT2D eigenvalue weighted by molar-refractivity contribution is 0.326. The molecule has 0 aliphatic carbocycles. The summed E-state index contributed by atoms with van der Waals surface area (Å²) in [6, 6.07) is 11.2. The number of hydrogen-bond acceptors (Lipinski definition) is 3. The zero-order valence-electron chi connectivity index (χ0n) is 16.1. The summed E-state index contributed by atoms with van der Waals surface area (Å²) in [5.41, 5.74) is 5.46. The van der Waals surface area contributed by atoms with E-state index in [-0.39, 0.29) is 0 Å². The molecule has 3 aromatic rings. The molecule has 0 saturated carbocycles. The first kappa shape index (κ1) is 17.4. The molecule has 0 aliphatic heterocycles. The van der Waals surface area contributed by atoms with Gasteiger partial charge in [0, 0.05) is 42.8 Å². The highest BCUT2D eigenvalue weighted by molar-refractivity contribution is 6.10. The molecule has 0 saturated heterocycles. The quantitative estimate of drug-likeness (QED) is 0.583. The molecule has 1 heterocycles. The molecule has 0 N–H and O–H groups in total. The average Bonchev–Trinajstić information content (AvgIpc) is 2.94. The van der Waals surface area contributed by atoms with Crippen LogP contribution < -0.4 is 4.90 Å². The monoisotopic (exact) mass is 336 g/mol. The second-order valence-electron chi connectivity index (χ2n) is 6.99. The maximum atomic E-state index is 6.31. The Kier molecular flexibility index (Phi) is 4.76. The molecule has 0 spiro atoms. The van der Waals surface area contributed by atoms with Crippen LogP contribution in [0.3, 0.4) is 0 Å². The number of furan rings is 1. The molecule has 25 heavy (non-hydrogen) atoms. The fourth-order valence-corrected chi connectivity index (χ4v) is 3.43. The van der Waals surface area contributed by atoms with Crippen LogP contribution in [0.15, 0.2) is 47.1 Å². The highest BCUT2D eigenvalue weighted by Gasteiger charge is 2.16. The largest absolute Gasteiger partial charge is 0.454 e. The lowest BCUT2D eigenvalue weighted by Gasteiger charge is -2.24. The van der Waals surface area contributed by atoms with Crippen LogP contribution in [0.4, 0.5) is 5.69 Å². The van der Waals surface area contributed by atoms with E-state index in [0.717, 1.165) is 23.4 Å². The summed E-state index contributed by atoms with van der Waals surface area (Å²) in [5.74, 6) is 0. The van der Waals surface area contributed by atoms with Crippen molar-refractivity contribution >= 4 is 27.6 Å².